The molecule has 0 spiro atoms. The molecule has 0 heterocycles. The van der Waals surface area contributed by atoms with Gasteiger partial charge in [0, 0.05) is 32.6 Å². The minimum Gasteiger partial charge on any atom is -0.378 e. The molecule has 1 fully saturated rings. The summed E-state index contributed by atoms with van der Waals surface area (Å²) in [5.74, 6) is 0.880. The van der Waals surface area contributed by atoms with E-state index in [1.807, 2.05) is 14.1 Å². The normalized spacial score (nSPS) is 20.7. The van der Waals surface area contributed by atoms with E-state index in [1.165, 1.54) is 11.3 Å². The van der Waals surface area contributed by atoms with Gasteiger partial charge < -0.3 is 4.90 Å². The van der Waals surface area contributed by atoms with Crippen molar-refractivity contribution in [2.75, 3.05) is 19.0 Å². The predicted octanol–water partition coefficient (Wildman–Crippen LogP) is 2.59. The third-order valence-corrected chi connectivity index (χ3v) is 3.13. The summed E-state index contributed by atoms with van der Waals surface area (Å²) in [6.07, 6.45) is 2.53. The molecule has 1 atom stereocenters. The summed E-state index contributed by atoms with van der Waals surface area (Å²) in [6.45, 7) is 0. The number of Topliss-reactive ketones (excluding diaryl/α,β-unsaturated/α-hetero) is 1. The van der Waals surface area contributed by atoms with Crippen molar-refractivity contribution in [2.45, 2.75) is 25.2 Å². The summed E-state index contributed by atoms with van der Waals surface area (Å²) in [7, 11) is 4.07. The van der Waals surface area contributed by atoms with Crippen LogP contribution in [0.25, 0.3) is 0 Å². The largest absolute Gasteiger partial charge is 0.378 e. The molecule has 0 aliphatic heterocycles. The highest BCUT2D eigenvalue weighted by Crippen LogP contribution is 2.32. The summed E-state index contributed by atoms with van der Waals surface area (Å²) in [4.78, 5) is 13.3. The summed E-state index contributed by atoms with van der Waals surface area (Å²) in [6, 6.07) is 8.55. The van der Waals surface area contributed by atoms with Gasteiger partial charge in [-0.3, -0.25) is 4.79 Å². The number of benzene rings is 1. The number of hydrogen-bond donors (Lipinski definition) is 0. The molecule has 0 saturated heterocycles. The van der Waals surface area contributed by atoms with Crippen molar-refractivity contribution in [1.82, 2.24) is 0 Å². The van der Waals surface area contributed by atoms with E-state index in [0.717, 1.165) is 19.3 Å². The van der Waals surface area contributed by atoms with Crippen LogP contribution < -0.4 is 4.90 Å². The van der Waals surface area contributed by atoms with Gasteiger partial charge in [-0.1, -0.05) is 12.1 Å². The van der Waals surface area contributed by atoms with Crippen molar-refractivity contribution < 1.29 is 4.79 Å². The third-order valence-electron chi connectivity index (χ3n) is 3.13. The topological polar surface area (TPSA) is 20.3 Å². The predicted molar refractivity (Wildman–Crippen MR) is 62.4 cm³/mol. The number of carbonyl (C=O) groups is 1. The SMILES string of the molecule is CN(C)c1ccc(C2CCC(=O)C2)cc1. The van der Waals surface area contributed by atoms with Crippen LogP contribution in [0.4, 0.5) is 5.69 Å². The van der Waals surface area contributed by atoms with Crippen LogP contribution in [0.2, 0.25) is 0 Å². The van der Waals surface area contributed by atoms with Crippen molar-refractivity contribution in [3.63, 3.8) is 0 Å². The van der Waals surface area contributed by atoms with Crippen molar-refractivity contribution >= 4 is 11.5 Å². The van der Waals surface area contributed by atoms with Crippen molar-refractivity contribution in [3.8, 4) is 0 Å². The van der Waals surface area contributed by atoms with Crippen LogP contribution >= 0.6 is 0 Å². The Kier molecular flexibility index (Phi) is 2.76. The minimum absolute atomic E-state index is 0.414. The molecule has 2 rings (SSSR count). The molecule has 2 heteroatoms. The number of ketones is 1. The summed E-state index contributed by atoms with van der Waals surface area (Å²) in [5, 5.41) is 0. The smallest absolute Gasteiger partial charge is 0.133 e. The van der Waals surface area contributed by atoms with Crippen LogP contribution in [0.1, 0.15) is 30.7 Å². The second-order valence-electron chi connectivity index (χ2n) is 4.46. The first kappa shape index (κ1) is 10.2. The molecule has 1 saturated carbocycles. The highest BCUT2D eigenvalue weighted by Gasteiger charge is 2.23. The quantitative estimate of drug-likeness (QED) is 0.736. The molecule has 1 aromatic rings. The number of hydrogen-bond acceptors (Lipinski definition) is 2. The molecule has 1 aliphatic carbocycles. The van der Waals surface area contributed by atoms with Crippen molar-refractivity contribution in [1.29, 1.82) is 0 Å². The van der Waals surface area contributed by atoms with E-state index in [-0.39, 0.29) is 0 Å². The number of anilines is 1. The lowest BCUT2D eigenvalue weighted by atomic mass is 9.97. The lowest BCUT2D eigenvalue weighted by molar-refractivity contribution is -0.117. The first-order valence-electron chi connectivity index (χ1n) is 5.46. The second-order valence-corrected chi connectivity index (χ2v) is 4.46. The zero-order valence-corrected chi connectivity index (χ0v) is 9.36. The van der Waals surface area contributed by atoms with Crippen LogP contribution in [0.15, 0.2) is 24.3 Å². The van der Waals surface area contributed by atoms with Gasteiger partial charge in [0.25, 0.3) is 0 Å². The Balaban J connectivity index is 2.13. The van der Waals surface area contributed by atoms with Gasteiger partial charge in [0.15, 0.2) is 0 Å². The number of carbonyl (C=O) groups excluding carboxylic acids is 1. The van der Waals surface area contributed by atoms with Crippen LogP contribution in [0.5, 0.6) is 0 Å². The standard InChI is InChI=1S/C13H17NO/c1-14(2)12-6-3-10(4-7-12)11-5-8-13(15)9-11/h3-4,6-7,11H,5,8-9H2,1-2H3. The van der Waals surface area contributed by atoms with E-state index in [4.69, 9.17) is 0 Å². The molecular formula is C13H17NO. The van der Waals surface area contributed by atoms with Crippen molar-refractivity contribution in [2.24, 2.45) is 0 Å². The molecule has 1 aliphatic rings. The molecule has 1 unspecified atom stereocenters. The lowest BCUT2D eigenvalue weighted by Crippen LogP contribution is -2.08. The highest BCUT2D eigenvalue weighted by atomic mass is 16.1. The van der Waals surface area contributed by atoms with Gasteiger partial charge in [0.1, 0.15) is 5.78 Å². The zero-order chi connectivity index (χ0) is 10.8. The Labute approximate surface area is 90.9 Å². The number of nitrogens with zero attached hydrogens (tertiary/aromatic N) is 1. The maximum absolute atomic E-state index is 11.2. The van der Waals surface area contributed by atoms with E-state index in [0.29, 0.717) is 11.7 Å². The van der Waals surface area contributed by atoms with E-state index in [9.17, 15) is 4.79 Å². The fourth-order valence-electron chi connectivity index (χ4n) is 2.14. The van der Waals surface area contributed by atoms with Gasteiger partial charge in [0.2, 0.25) is 0 Å². The Bertz CT molecular complexity index is 353. The van der Waals surface area contributed by atoms with Crippen LogP contribution in [-0.2, 0) is 4.79 Å². The maximum Gasteiger partial charge on any atom is 0.133 e. The molecule has 0 amide bonds. The maximum atomic E-state index is 11.2. The van der Waals surface area contributed by atoms with Gasteiger partial charge >= 0.3 is 0 Å². The van der Waals surface area contributed by atoms with E-state index >= 15 is 0 Å². The second kappa shape index (κ2) is 4.05. The van der Waals surface area contributed by atoms with Crippen LogP contribution in [-0.4, -0.2) is 19.9 Å². The fourth-order valence-corrected chi connectivity index (χ4v) is 2.14. The lowest BCUT2D eigenvalue weighted by Gasteiger charge is -2.14. The van der Waals surface area contributed by atoms with E-state index < -0.39 is 0 Å². The van der Waals surface area contributed by atoms with Gasteiger partial charge in [-0.25, -0.2) is 0 Å². The average molecular weight is 203 g/mol. The molecule has 0 N–H and O–H groups in total. The molecule has 80 valence electrons. The Morgan fingerprint density at radius 2 is 1.87 bits per heavy atom. The van der Waals surface area contributed by atoms with E-state index in [1.54, 1.807) is 0 Å². The van der Waals surface area contributed by atoms with E-state index in [2.05, 4.69) is 29.2 Å². The van der Waals surface area contributed by atoms with Gasteiger partial charge in [-0.05, 0) is 30.0 Å². The van der Waals surface area contributed by atoms with Gasteiger partial charge in [-0.15, -0.1) is 0 Å². The zero-order valence-electron chi connectivity index (χ0n) is 9.36. The monoisotopic (exact) mass is 203 g/mol. The Morgan fingerprint density at radius 1 is 1.20 bits per heavy atom. The van der Waals surface area contributed by atoms with Crippen LogP contribution in [0, 0.1) is 0 Å². The highest BCUT2D eigenvalue weighted by molar-refractivity contribution is 5.81. The van der Waals surface area contributed by atoms with Gasteiger partial charge in [0.05, 0.1) is 0 Å². The molecule has 1 aromatic carbocycles. The average Bonchev–Trinajstić information content (AvgIpc) is 2.65. The Morgan fingerprint density at radius 3 is 2.33 bits per heavy atom. The first-order valence-corrected chi connectivity index (χ1v) is 5.46. The molecule has 0 aromatic heterocycles. The number of rotatable bonds is 2. The molecule has 15 heavy (non-hydrogen) atoms. The third kappa shape index (κ3) is 2.20. The molecule has 2 nitrogen and oxygen atoms in total. The Hall–Kier alpha value is -1.31. The van der Waals surface area contributed by atoms with Crippen molar-refractivity contribution in [3.05, 3.63) is 29.8 Å². The first-order chi connectivity index (χ1) is 7.16. The molecule has 0 radical (unpaired) electrons. The molecule has 0 bridgehead atoms. The molecular weight excluding hydrogens is 186 g/mol. The fraction of sp³-hybridized carbons (Fsp3) is 0.462. The minimum atomic E-state index is 0.414. The van der Waals surface area contributed by atoms with Crippen LogP contribution in [0.3, 0.4) is 0 Å². The summed E-state index contributed by atoms with van der Waals surface area (Å²) in [5.41, 5.74) is 2.52. The summed E-state index contributed by atoms with van der Waals surface area (Å²) < 4.78 is 0. The summed E-state index contributed by atoms with van der Waals surface area (Å²) >= 11 is 0. The van der Waals surface area contributed by atoms with Gasteiger partial charge in [-0.2, -0.15) is 0 Å².